The molecule has 2 aromatic carbocycles. The second kappa shape index (κ2) is 9.21. The molecule has 0 bridgehead atoms. The highest BCUT2D eigenvalue weighted by atomic mass is 16.5. The average molecular weight is 475 g/mol. The van der Waals surface area contributed by atoms with Gasteiger partial charge >= 0.3 is 12.1 Å². The molecule has 0 spiro atoms. The molecular weight excluding hydrogens is 444 g/mol. The molecule has 1 aliphatic heterocycles. The number of allylic oxidation sites excluding steroid dienone is 1. The highest BCUT2D eigenvalue weighted by Crippen LogP contribution is 2.44. The number of rotatable bonds is 5. The number of likely N-dealkylation sites (tertiary alicyclic amines) is 1. The number of hydrogen-bond donors (Lipinski definition) is 2. The smallest absolute Gasteiger partial charge is 0.407 e. The van der Waals surface area contributed by atoms with E-state index in [2.05, 4.69) is 29.6 Å². The second-order valence-corrected chi connectivity index (χ2v) is 9.85. The number of nitrogens with one attached hydrogen (secondary N) is 1. The van der Waals surface area contributed by atoms with Crippen molar-refractivity contribution in [2.24, 2.45) is 5.92 Å². The fourth-order valence-electron chi connectivity index (χ4n) is 5.75. The van der Waals surface area contributed by atoms with Crippen molar-refractivity contribution in [1.82, 2.24) is 10.2 Å². The van der Waals surface area contributed by atoms with E-state index in [0.29, 0.717) is 32.2 Å². The zero-order valence-electron chi connectivity index (χ0n) is 19.8. The van der Waals surface area contributed by atoms with Crippen molar-refractivity contribution in [3.05, 3.63) is 71.8 Å². The fourth-order valence-corrected chi connectivity index (χ4v) is 5.75. The van der Waals surface area contributed by atoms with Crippen LogP contribution < -0.4 is 5.32 Å². The van der Waals surface area contributed by atoms with Crippen molar-refractivity contribution in [2.45, 2.75) is 50.1 Å². The lowest BCUT2D eigenvalue weighted by Gasteiger charge is -2.35. The van der Waals surface area contributed by atoms with Crippen LogP contribution in [0.3, 0.4) is 0 Å². The molecule has 7 nitrogen and oxygen atoms in total. The molecule has 3 aliphatic rings. The first kappa shape index (κ1) is 23.1. The normalized spacial score (nSPS) is 25.1. The maximum absolute atomic E-state index is 13.2. The molecule has 5 rings (SSSR count). The van der Waals surface area contributed by atoms with Gasteiger partial charge < -0.3 is 20.1 Å². The number of ether oxygens (including phenoxy) is 1. The maximum Gasteiger partial charge on any atom is 0.407 e. The standard InChI is InChI=1S/C28H30N2O5/c1-28(26(32)33)14-7-15-30(28)25(31)18-8-6-9-19(16-18)29-27(34)35-17-24-22-12-4-2-10-20(22)21-11-3-5-13-23(21)24/h2-6,9-13,18-19,24H,7-8,14-17H2,1H3,(H,29,34)(H,32,33). The lowest BCUT2D eigenvalue weighted by Crippen LogP contribution is -2.53. The Labute approximate surface area is 204 Å². The molecule has 1 saturated heterocycles. The summed E-state index contributed by atoms with van der Waals surface area (Å²) in [5.74, 6) is -1.51. The van der Waals surface area contributed by atoms with Crippen LogP contribution in [0.5, 0.6) is 0 Å². The van der Waals surface area contributed by atoms with Gasteiger partial charge in [0.1, 0.15) is 12.1 Å². The highest BCUT2D eigenvalue weighted by Gasteiger charge is 2.47. The molecule has 2 N–H and O–H groups in total. The average Bonchev–Trinajstić information content (AvgIpc) is 3.41. The van der Waals surface area contributed by atoms with E-state index in [1.165, 1.54) is 16.0 Å². The first-order chi connectivity index (χ1) is 16.9. The van der Waals surface area contributed by atoms with Gasteiger partial charge in [-0.1, -0.05) is 60.7 Å². The Kier molecular flexibility index (Phi) is 6.09. The summed E-state index contributed by atoms with van der Waals surface area (Å²) in [7, 11) is 0. The zero-order chi connectivity index (χ0) is 24.6. The van der Waals surface area contributed by atoms with Crippen LogP contribution in [0.4, 0.5) is 4.79 Å². The molecule has 2 aliphatic carbocycles. The summed E-state index contributed by atoms with van der Waals surface area (Å²) in [6.45, 7) is 2.29. The molecule has 3 atom stereocenters. The Morgan fingerprint density at radius 1 is 1.09 bits per heavy atom. The first-order valence-corrected chi connectivity index (χ1v) is 12.2. The van der Waals surface area contributed by atoms with Crippen LogP contribution in [-0.2, 0) is 14.3 Å². The van der Waals surface area contributed by atoms with Gasteiger partial charge in [-0.05, 0) is 54.9 Å². The molecule has 0 radical (unpaired) electrons. The molecule has 182 valence electrons. The Morgan fingerprint density at radius 3 is 2.40 bits per heavy atom. The summed E-state index contributed by atoms with van der Waals surface area (Å²) in [5, 5.41) is 12.5. The Hall–Kier alpha value is -3.61. The lowest BCUT2D eigenvalue weighted by molar-refractivity contribution is -0.157. The fraction of sp³-hybridized carbons (Fsp3) is 0.393. The van der Waals surface area contributed by atoms with Crippen LogP contribution in [0.25, 0.3) is 11.1 Å². The van der Waals surface area contributed by atoms with E-state index in [4.69, 9.17) is 4.74 Å². The zero-order valence-corrected chi connectivity index (χ0v) is 19.8. The van der Waals surface area contributed by atoms with Gasteiger partial charge in [0.05, 0.1) is 6.04 Å². The topological polar surface area (TPSA) is 95.9 Å². The molecule has 1 fully saturated rings. The molecule has 7 heteroatoms. The molecule has 35 heavy (non-hydrogen) atoms. The molecule has 0 aromatic heterocycles. The van der Waals surface area contributed by atoms with Gasteiger partial charge in [0.25, 0.3) is 0 Å². The Morgan fingerprint density at radius 2 is 1.74 bits per heavy atom. The van der Waals surface area contributed by atoms with E-state index < -0.39 is 17.6 Å². The van der Waals surface area contributed by atoms with Gasteiger partial charge in [0, 0.05) is 18.4 Å². The third kappa shape index (κ3) is 4.20. The number of fused-ring (bicyclic) bond motifs is 3. The minimum Gasteiger partial charge on any atom is -0.480 e. The van der Waals surface area contributed by atoms with Crippen LogP contribution in [0.1, 0.15) is 49.7 Å². The number of amides is 2. The predicted octanol–water partition coefficient (Wildman–Crippen LogP) is 4.33. The monoisotopic (exact) mass is 474 g/mol. The van der Waals surface area contributed by atoms with Gasteiger partial charge in [-0.15, -0.1) is 0 Å². The molecule has 2 amide bonds. The number of benzene rings is 2. The lowest BCUT2D eigenvalue weighted by atomic mass is 9.88. The minimum absolute atomic E-state index is 0.0202. The van der Waals surface area contributed by atoms with E-state index in [1.807, 2.05) is 36.4 Å². The summed E-state index contributed by atoms with van der Waals surface area (Å²) in [4.78, 5) is 39.1. The number of carboxylic acid groups (broad SMARTS) is 1. The Bertz CT molecular complexity index is 1150. The number of carbonyl (C=O) groups is 3. The molecular formula is C28H30N2O5. The number of carboxylic acids is 1. The van der Waals surface area contributed by atoms with Crippen LogP contribution in [-0.4, -0.2) is 52.7 Å². The summed E-state index contributed by atoms with van der Waals surface area (Å²) >= 11 is 0. The number of aliphatic carboxylic acids is 1. The first-order valence-electron chi connectivity index (χ1n) is 12.2. The third-order valence-electron chi connectivity index (χ3n) is 7.69. The summed E-state index contributed by atoms with van der Waals surface area (Å²) in [5.41, 5.74) is 3.48. The third-order valence-corrected chi connectivity index (χ3v) is 7.69. The van der Waals surface area contributed by atoms with Crippen molar-refractivity contribution in [3.63, 3.8) is 0 Å². The predicted molar refractivity (Wildman–Crippen MR) is 131 cm³/mol. The van der Waals surface area contributed by atoms with Crippen molar-refractivity contribution in [3.8, 4) is 11.1 Å². The SMILES string of the molecule is CC1(C(=O)O)CCCN1C(=O)C1CC=CC(NC(=O)OCC2c3ccccc3-c3ccccc32)C1. The Balaban J connectivity index is 1.20. The van der Waals surface area contributed by atoms with E-state index in [9.17, 15) is 19.5 Å². The number of nitrogens with zero attached hydrogens (tertiary/aromatic N) is 1. The quantitative estimate of drug-likeness (QED) is 0.629. The van der Waals surface area contributed by atoms with Crippen molar-refractivity contribution < 1.29 is 24.2 Å². The largest absolute Gasteiger partial charge is 0.480 e. The van der Waals surface area contributed by atoms with Gasteiger partial charge in [-0.2, -0.15) is 0 Å². The van der Waals surface area contributed by atoms with Gasteiger partial charge in [0.15, 0.2) is 0 Å². The van der Waals surface area contributed by atoms with E-state index in [1.54, 1.807) is 6.92 Å². The van der Waals surface area contributed by atoms with Crippen LogP contribution in [0.15, 0.2) is 60.7 Å². The summed E-state index contributed by atoms with van der Waals surface area (Å²) < 4.78 is 5.65. The molecule has 3 unspecified atom stereocenters. The van der Waals surface area contributed by atoms with E-state index >= 15 is 0 Å². The van der Waals surface area contributed by atoms with Crippen molar-refractivity contribution in [1.29, 1.82) is 0 Å². The van der Waals surface area contributed by atoms with Crippen LogP contribution >= 0.6 is 0 Å². The minimum atomic E-state index is -1.16. The summed E-state index contributed by atoms with van der Waals surface area (Å²) in [6.07, 6.45) is 5.34. The molecule has 1 heterocycles. The van der Waals surface area contributed by atoms with Crippen molar-refractivity contribution >= 4 is 18.0 Å². The van der Waals surface area contributed by atoms with Gasteiger partial charge in [-0.25, -0.2) is 9.59 Å². The van der Waals surface area contributed by atoms with Crippen LogP contribution in [0.2, 0.25) is 0 Å². The summed E-state index contributed by atoms with van der Waals surface area (Å²) in [6, 6.07) is 16.0. The molecule has 2 aromatic rings. The number of hydrogen-bond acceptors (Lipinski definition) is 4. The van der Waals surface area contributed by atoms with E-state index in [0.717, 1.165) is 11.1 Å². The molecule has 0 saturated carbocycles. The van der Waals surface area contributed by atoms with Gasteiger partial charge in [-0.3, -0.25) is 4.79 Å². The maximum atomic E-state index is 13.2. The van der Waals surface area contributed by atoms with E-state index in [-0.39, 0.29) is 30.4 Å². The van der Waals surface area contributed by atoms with Crippen molar-refractivity contribution in [2.75, 3.05) is 13.2 Å². The van der Waals surface area contributed by atoms with Crippen LogP contribution in [0, 0.1) is 5.92 Å². The van der Waals surface area contributed by atoms with Gasteiger partial charge in [0.2, 0.25) is 5.91 Å². The highest BCUT2D eigenvalue weighted by molar-refractivity contribution is 5.89. The second-order valence-electron chi connectivity index (χ2n) is 9.85. The number of carbonyl (C=O) groups excluding carboxylic acids is 2. The number of alkyl carbamates (subject to hydrolysis) is 1.